The molecule has 6 heteroatoms. The first-order chi connectivity index (χ1) is 9.50. The summed E-state index contributed by atoms with van der Waals surface area (Å²) in [6.07, 6.45) is 1.22. The number of amides is 1. The van der Waals surface area contributed by atoms with Crippen LogP contribution in [0, 0.1) is 5.82 Å². The van der Waals surface area contributed by atoms with Crippen molar-refractivity contribution in [2.75, 3.05) is 33.7 Å². The van der Waals surface area contributed by atoms with Gasteiger partial charge in [-0.1, -0.05) is 0 Å². The molecule has 1 aromatic heterocycles. The maximum Gasteiger partial charge on any atom is 0.240 e. The highest BCUT2D eigenvalue weighted by atomic mass is 19.1. The van der Waals surface area contributed by atoms with Crippen LogP contribution in [0.1, 0.15) is 18.7 Å². The third kappa shape index (κ3) is 3.13. The van der Waals surface area contributed by atoms with Crippen molar-refractivity contribution in [3.05, 3.63) is 29.8 Å². The van der Waals surface area contributed by atoms with Gasteiger partial charge in [0.2, 0.25) is 5.91 Å². The van der Waals surface area contributed by atoms with Crippen LogP contribution >= 0.6 is 0 Å². The molecule has 0 spiro atoms. The topological polar surface area (TPSA) is 48.5 Å². The molecule has 1 saturated heterocycles. The number of pyridine rings is 1. The molecule has 1 aromatic rings. The summed E-state index contributed by atoms with van der Waals surface area (Å²) in [7, 11) is 3.52. The van der Waals surface area contributed by atoms with Gasteiger partial charge in [0.1, 0.15) is 11.9 Å². The Morgan fingerprint density at radius 1 is 1.55 bits per heavy atom. The lowest BCUT2D eigenvalue weighted by molar-refractivity contribution is -0.136. The predicted molar refractivity (Wildman–Crippen MR) is 74.7 cm³/mol. The molecule has 2 atom stereocenters. The molecule has 1 amide bonds. The smallest absolute Gasteiger partial charge is 0.240 e. The Morgan fingerprint density at radius 2 is 2.30 bits per heavy atom. The second-order valence-electron chi connectivity index (χ2n) is 5.27. The van der Waals surface area contributed by atoms with Crippen LogP contribution < -0.4 is 5.32 Å². The zero-order valence-corrected chi connectivity index (χ0v) is 12.1. The van der Waals surface area contributed by atoms with Gasteiger partial charge < -0.3 is 10.2 Å². The van der Waals surface area contributed by atoms with Gasteiger partial charge in [0.05, 0.1) is 17.9 Å². The van der Waals surface area contributed by atoms with E-state index in [2.05, 4.69) is 15.2 Å². The molecule has 1 N–H and O–H groups in total. The molecule has 20 heavy (non-hydrogen) atoms. The van der Waals surface area contributed by atoms with Crippen LogP contribution in [0.15, 0.2) is 18.3 Å². The number of likely N-dealkylation sites (N-methyl/N-ethyl adjacent to an activating group) is 1. The molecule has 1 aliphatic rings. The summed E-state index contributed by atoms with van der Waals surface area (Å²) in [6.45, 7) is 4.23. The summed E-state index contributed by atoms with van der Waals surface area (Å²) in [5.74, 6) is -0.270. The Bertz CT molecular complexity index is 463. The standard InChI is InChI=1S/C14H21FN4O/c1-10(12-5-4-11(15)8-17-12)19-7-6-16-9-13(19)14(20)18(2)3/h4-5,8,10,13,16H,6-7,9H2,1-3H3. The highest BCUT2D eigenvalue weighted by molar-refractivity contribution is 5.81. The summed E-state index contributed by atoms with van der Waals surface area (Å²) in [4.78, 5) is 20.1. The molecular formula is C14H21FN4O. The van der Waals surface area contributed by atoms with Crippen molar-refractivity contribution in [3.63, 3.8) is 0 Å². The van der Waals surface area contributed by atoms with Gasteiger partial charge in [-0.2, -0.15) is 0 Å². The number of piperazine rings is 1. The third-order valence-electron chi connectivity index (χ3n) is 3.69. The predicted octanol–water partition coefficient (Wildman–Crippen LogP) is 0.644. The van der Waals surface area contributed by atoms with Crippen LogP contribution in [0.3, 0.4) is 0 Å². The molecule has 5 nitrogen and oxygen atoms in total. The first-order valence-corrected chi connectivity index (χ1v) is 6.79. The fourth-order valence-electron chi connectivity index (χ4n) is 2.52. The van der Waals surface area contributed by atoms with Crippen molar-refractivity contribution in [1.82, 2.24) is 20.1 Å². The zero-order valence-electron chi connectivity index (χ0n) is 12.1. The van der Waals surface area contributed by atoms with Gasteiger partial charge in [-0.25, -0.2) is 4.39 Å². The summed E-state index contributed by atoms with van der Waals surface area (Å²) in [6, 6.07) is 2.86. The van der Waals surface area contributed by atoms with Crippen molar-refractivity contribution >= 4 is 5.91 Å². The van der Waals surface area contributed by atoms with Gasteiger partial charge in [-0.05, 0) is 19.1 Å². The molecule has 0 bridgehead atoms. The number of carbonyl (C=O) groups is 1. The van der Waals surface area contributed by atoms with E-state index in [4.69, 9.17) is 0 Å². The van der Waals surface area contributed by atoms with Crippen molar-refractivity contribution in [2.45, 2.75) is 19.0 Å². The summed E-state index contributed by atoms with van der Waals surface area (Å²) >= 11 is 0. The van der Waals surface area contributed by atoms with E-state index in [1.165, 1.54) is 12.3 Å². The van der Waals surface area contributed by atoms with Crippen LogP contribution in [-0.2, 0) is 4.79 Å². The molecule has 2 unspecified atom stereocenters. The molecule has 0 saturated carbocycles. The van der Waals surface area contributed by atoms with Gasteiger partial charge in [-0.15, -0.1) is 0 Å². The molecular weight excluding hydrogens is 259 g/mol. The molecule has 0 aromatic carbocycles. The summed E-state index contributed by atoms with van der Waals surface area (Å²) in [5.41, 5.74) is 0.782. The number of hydrogen-bond acceptors (Lipinski definition) is 4. The van der Waals surface area contributed by atoms with Gasteiger partial charge in [0.25, 0.3) is 0 Å². The minimum absolute atomic E-state index is 0.0217. The molecule has 1 fully saturated rings. The Hall–Kier alpha value is -1.53. The average molecular weight is 280 g/mol. The monoisotopic (exact) mass is 280 g/mol. The Kier molecular flexibility index (Phi) is 4.67. The number of nitrogens with one attached hydrogen (secondary N) is 1. The second kappa shape index (κ2) is 6.28. The highest BCUT2D eigenvalue weighted by Crippen LogP contribution is 2.22. The largest absolute Gasteiger partial charge is 0.347 e. The SMILES string of the molecule is CC(c1ccc(F)cn1)N1CCNCC1C(=O)N(C)C. The first kappa shape index (κ1) is 14.9. The van der Waals surface area contributed by atoms with Gasteiger partial charge >= 0.3 is 0 Å². The molecule has 2 rings (SSSR count). The van der Waals surface area contributed by atoms with E-state index >= 15 is 0 Å². The summed E-state index contributed by atoms with van der Waals surface area (Å²) in [5, 5.41) is 3.25. The molecule has 0 aliphatic carbocycles. The van der Waals surface area contributed by atoms with E-state index in [9.17, 15) is 9.18 Å². The van der Waals surface area contributed by atoms with Crippen molar-refractivity contribution < 1.29 is 9.18 Å². The van der Waals surface area contributed by atoms with Gasteiger partial charge in [0.15, 0.2) is 0 Å². The fraction of sp³-hybridized carbons (Fsp3) is 0.571. The number of nitrogens with zero attached hydrogens (tertiary/aromatic N) is 3. The van der Waals surface area contributed by atoms with E-state index in [1.807, 2.05) is 6.92 Å². The molecule has 0 radical (unpaired) electrons. The van der Waals surface area contributed by atoms with E-state index < -0.39 is 0 Å². The van der Waals surface area contributed by atoms with Gasteiger partial charge in [0, 0.05) is 33.7 Å². The Labute approximate surface area is 118 Å². The number of rotatable bonds is 3. The number of halogens is 1. The number of hydrogen-bond donors (Lipinski definition) is 1. The van der Waals surface area contributed by atoms with Crippen molar-refractivity contribution in [1.29, 1.82) is 0 Å². The second-order valence-corrected chi connectivity index (χ2v) is 5.27. The molecule has 1 aliphatic heterocycles. The number of aromatic nitrogens is 1. The highest BCUT2D eigenvalue weighted by Gasteiger charge is 2.33. The number of carbonyl (C=O) groups excluding carboxylic acids is 1. The van der Waals surface area contributed by atoms with Crippen LogP contribution in [0.5, 0.6) is 0 Å². The lowest BCUT2D eigenvalue weighted by Gasteiger charge is -2.39. The average Bonchev–Trinajstić information content (AvgIpc) is 2.46. The van der Waals surface area contributed by atoms with E-state index in [0.29, 0.717) is 6.54 Å². The van der Waals surface area contributed by atoms with E-state index in [-0.39, 0.29) is 23.8 Å². The van der Waals surface area contributed by atoms with E-state index in [1.54, 1.807) is 25.1 Å². The van der Waals surface area contributed by atoms with Crippen molar-refractivity contribution in [3.8, 4) is 0 Å². The Balaban J connectivity index is 2.18. The van der Waals surface area contributed by atoms with Crippen LogP contribution in [0.25, 0.3) is 0 Å². The van der Waals surface area contributed by atoms with Crippen LogP contribution in [0.4, 0.5) is 4.39 Å². The van der Waals surface area contributed by atoms with Crippen LogP contribution in [0.2, 0.25) is 0 Å². The maximum atomic E-state index is 13.0. The lowest BCUT2D eigenvalue weighted by atomic mass is 10.1. The maximum absolute atomic E-state index is 13.0. The molecule has 110 valence electrons. The third-order valence-corrected chi connectivity index (χ3v) is 3.69. The van der Waals surface area contributed by atoms with Crippen LogP contribution in [-0.4, -0.2) is 60.5 Å². The minimum Gasteiger partial charge on any atom is -0.347 e. The normalized spacial score (nSPS) is 21.5. The van der Waals surface area contributed by atoms with E-state index in [0.717, 1.165) is 18.8 Å². The minimum atomic E-state index is -0.345. The van der Waals surface area contributed by atoms with Crippen molar-refractivity contribution in [2.24, 2.45) is 0 Å². The first-order valence-electron chi connectivity index (χ1n) is 6.79. The molecule has 2 heterocycles. The fourth-order valence-corrected chi connectivity index (χ4v) is 2.52. The van der Waals surface area contributed by atoms with Gasteiger partial charge in [-0.3, -0.25) is 14.7 Å². The Morgan fingerprint density at radius 3 is 2.90 bits per heavy atom. The zero-order chi connectivity index (χ0) is 14.7. The summed E-state index contributed by atoms with van der Waals surface area (Å²) < 4.78 is 13.0. The lowest BCUT2D eigenvalue weighted by Crippen LogP contribution is -2.58. The quantitative estimate of drug-likeness (QED) is 0.883.